The third kappa shape index (κ3) is 4.69. The Morgan fingerprint density at radius 3 is 2.76 bits per heavy atom. The number of amides is 2. The Bertz CT molecular complexity index is 1200. The maximum absolute atomic E-state index is 13.1. The third-order valence-corrected chi connectivity index (χ3v) is 5.76. The fourth-order valence-electron chi connectivity index (χ4n) is 3.97. The lowest BCUT2D eigenvalue weighted by atomic mass is 10.0. The van der Waals surface area contributed by atoms with E-state index in [0.29, 0.717) is 53.6 Å². The Balaban J connectivity index is 1.65. The van der Waals surface area contributed by atoms with Gasteiger partial charge in [-0.05, 0) is 26.0 Å². The highest BCUT2D eigenvalue weighted by Crippen LogP contribution is 2.27. The zero-order valence-corrected chi connectivity index (χ0v) is 19.0. The molecule has 1 atom stereocenters. The number of morpholine rings is 1. The first-order valence-corrected chi connectivity index (χ1v) is 10.9. The maximum atomic E-state index is 13.1. The Kier molecular flexibility index (Phi) is 6.62. The number of carbonyl (C=O) groups excluding carboxylic acids is 2. The number of likely N-dealkylation sites (N-methyl/N-ethyl adjacent to an activating group) is 1. The average Bonchev–Trinajstić information content (AvgIpc) is 2.82. The third-order valence-electron chi connectivity index (χ3n) is 5.76. The summed E-state index contributed by atoms with van der Waals surface area (Å²) in [6.45, 7) is 4.79. The van der Waals surface area contributed by atoms with Crippen LogP contribution in [0.3, 0.4) is 0 Å². The summed E-state index contributed by atoms with van der Waals surface area (Å²) < 4.78 is 5.97. The molecule has 33 heavy (non-hydrogen) atoms. The minimum Gasteiger partial charge on any atom is -0.395 e. The molecule has 0 saturated carbocycles. The summed E-state index contributed by atoms with van der Waals surface area (Å²) in [5.74, 6) is 0.258. The summed E-state index contributed by atoms with van der Waals surface area (Å²) in [5, 5.41) is 9.97. The molecule has 0 unspecified atom stereocenters. The van der Waals surface area contributed by atoms with E-state index in [2.05, 4.69) is 9.97 Å². The monoisotopic (exact) mass is 449 g/mol. The Morgan fingerprint density at radius 2 is 2.00 bits per heavy atom. The number of aliphatic hydroxyl groups is 1. The normalized spacial score (nSPS) is 16.1. The van der Waals surface area contributed by atoms with Crippen LogP contribution in [0.4, 0.5) is 0 Å². The number of hydrogen-bond donors (Lipinski definition) is 1. The van der Waals surface area contributed by atoms with Crippen LogP contribution in [0.1, 0.15) is 44.0 Å². The summed E-state index contributed by atoms with van der Waals surface area (Å²) in [6.07, 6.45) is 1.08. The number of rotatable bonds is 5. The van der Waals surface area contributed by atoms with E-state index in [9.17, 15) is 14.7 Å². The molecule has 3 heterocycles. The van der Waals surface area contributed by atoms with E-state index in [4.69, 9.17) is 9.72 Å². The van der Waals surface area contributed by atoms with E-state index in [-0.39, 0.29) is 25.0 Å². The molecule has 172 valence electrons. The quantitative estimate of drug-likeness (QED) is 0.634. The molecule has 0 bridgehead atoms. The largest absolute Gasteiger partial charge is 0.395 e. The van der Waals surface area contributed by atoms with Gasteiger partial charge in [0.25, 0.3) is 11.8 Å². The van der Waals surface area contributed by atoms with Crippen LogP contribution in [0.25, 0.3) is 10.9 Å². The standard InChI is InChI=1S/C24H27N5O4/c1-15-19(13-25-16(2)26-15)24(32)29-9-11-33-22(14-29)21-12-18(23(31)28(3)8-10-30)17-6-4-5-7-20(17)27-21/h4-7,12-13,22,30H,8-11,14H2,1-3H3/t22-/m0/s1. The van der Waals surface area contributed by atoms with Crippen molar-refractivity contribution in [2.24, 2.45) is 0 Å². The summed E-state index contributed by atoms with van der Waals surface area (Å²) in [6, 6.07) is 9.15. The van der Waals surface area contributed by atoms with Crippen LogP contribution < -0.4 is 0 Å². The van der Waals surface area contributed by atoms with E-state index in [1.54, 1.807) is 38.1 Å². The predicted molar refractivity (Wildman–Crippen MR) is 122 cm³/mol. The van der Waals surface area contributed by atoms with Gasteiger partial charge in [-0.1, -0.05) is 18.2 Å². The number of aryl methyl sites for hydroxylation is 2. The number of para-hydroxylation sites is 1. The molecule has 2 amide bonds. The SMILES string of the molecule is Cc1ncc(C(=O)N2CCO[C@H](c3cc(C(=O)N(C)CCO)c4ccccc4n3)C2)c(C)n1. The molecule has 1 N–H and O–H groups in total. The molecule has 0 radical (unpaired) electrons. The molecule has 9 nitrogen and oxygen atoms in total. The first-order chi connectivity index (χ1) is 15.9. The second kappa shape index (κ2) is 9.60. The van der Waals surface area contributed by atoms with Crippen LogP contribution in [0, 0.1) is 13.8 Å². The van der Waals surface area contributed by atoms with Crippen LogP contribution >= 0.6 is 0 Å². The highest BCUT2D eigenvalue weighted by Gasteiger charge is 2.29. The van der Waals surface area contributed by atoms with Gasteiger partial charge in [-0.2, -0.15) is 0 Å². The number of aromatic nitrogens is 3. The van der Waals surface area contributed by atoms with Crippen molar-refractivity contribution in [3.8, 4) is 0 Å². The number of pyridine rings is 1. The van der Waals surface area contributed by atoms with Gasteiger partial charge in [0.15, 0.2) is 0 Å². The number of carbonyl (C=O) groups is 2. The summed E-state index contributed by atoms with van der Waals surface area (Å²) in [7, 11) is 1.65. The number of ether oxygens (including phenoxy) is 1. The first-order valence-electron chi connectivity index (χ1n) is 10.9. The molecule has 4 rings (SSSR count). The lowest BCUT2D eigenvalue weighted by Gasteiger charge is -2.33. The Hall–Kier alpha value is -3.43. The van der Waals surface area contributed by atoms with Crippen molar-refractivity contribution >= 4 is 22.7 Å². The van der Waals surface area contributed by atoms with E-state index in [1.165, 1.54) is 4.90 Å². The molecule has 1 saturated heterocycles. The van der Waals surface area contributed by atoms with Gasteiger partial charge in [-0.25, -0.2) is 15.0 Å². The number of aliphatic hydroxyl groups excluding tert-OH is 1. The second-order valence-corrected chi connectivity index (χ2v) is 8.09. The molecular weight excluding hydrogens is 422 g/mol. The van der Waals surface area contributed by atoms with Gasteiger partial charge >= 0.3 is 0 Å². The van der Waals surface area contributed by atoms with E-state index < -0.39 is 6.10 Å². The van der Waals surface area contributed by atoms with Gasteiger partial charge < -0.3 is 19.6 Å². The highest BCUT2D eigenvalue weighted by atomic mass is 16.5. The second-order valence-electron chi connectivity index (χ2n) is 8.09. The molecular formula is C24H27N5O4. The molecule has 9 heteroatoms. The van der Waals surface area contributed by atoms with E-state index >= 15 is 0 Å². The summed E-state index contributed by atoms with van der Waals surface area (Å²) in [5.41, 5.74) is 2.85. The molecule has 1 aliphatic rings. The highest BCUT2D eigenvalue weighted by molar-refractivity contribution is 6.06. The fraction of sp³-hybridized carbons (Fsp3) is 0.375. The molecule has 0 spiro atoms. The van der Waals surface area contributed by atoms with Crippen LogP contribution in [0.2, 0.25) is 0 Å². The maximum Gasteiger partial charge on any atom is 0.257 e. The molecule has 1 aromatic carbocycles. The fourth-order valence-corrected chi connectivity index (χ4v) is 3.97. The minimum atomic E-state index is -0.478. The molecule has 2 aromatic heterocycles. The Labute approximate surface area is 192 Å². The van der Waals surface area contributed by atoms with Gasteiger partial charge in [-0.15, -0.1) is 0 Å². The summed E-state index contributed by atoms with van der Waals surface area (Å²) >= 11 is 0. The molecule has 1 fully saturated rings. The zero-order valence-electron chi connectivity index (χ0n) is 19.0. The summed E-state index contributed by atoms with van der Waals surface area (Å²) in [4.78, 5) is 42.6. The van der Waals surface area contributed by atoms with E-state index in [1.807, 2.05) is 24.3 Å². The van der Waals surface area contributed by atoms with Gasteiger partial charge in [0.2, 0.25) is 0 Å². The smallest absolute Gasteiger partial charge is 0.257 e. The molecule has 3 aromatic rings. The molecule has 1 aliphatic heterocycles. The van der Waals surface area contributed by atoms with Crippen molar-refractivity contribution in [1.29, 1.82) is 0 Å². The van der Waals surface area contributed by atoms with Crippen molar-refractivity contribution in [1.82, 2.24) is 24.8 Å². The first kappa shape index (κ1) is 22.8. The zero-order chi connectivity index (χ0) is 23.5. The lowest BCUT2D eigenvalue weighted by molar-refractivity contribution is -0.0246. The van der Waals surface area contributed by atoms with Crippen molar-refractivity contribution in [3.05, 3.63) is 64.9 Å². The number of nitrogens with zero attached hydrogens (tertiary/aromatic N) is 5. The topological polar surface area (TPSA) is 109 Å². The van der Waals surface area contributed by atoms with E-state index in [0.717, 1.165) is 5.39 Å². The van der Waals surface area contributed by atoms with Gasteiger partial charge in [0.1, 0.15) is 11.9 Å². The lowest BCUT2D eigenvalue weighted by Crippen LogP contribution is -2.43. The molecule has 0 aliphatic carbocycles. The minimum absolute atomic E-state index is 0.122. The van der Waals surface area contributed by atoms with Crippen LogP contribution in [0.15, 0.2) is 36.5 Å². The average molecular weight is 450 g/mol. The van der Waals surface area contributed by atoms with Crippen molar-refractivity contribution in [2.75, 3.05) is 39.9 Å². The Morgan fingerprint density at radius 1 is 1.21 bits per heavy atom. The van der Waals surface area contributed by atoms with Crippen molar-refractivity contribution < 1.29 is 19.4 Å². The van der Waals surface area contributed by atoms with Crippen LogP contribution in [-0.4, -0.2) is 81.6 Å². The van der Waals surface area contributed by atoms with Gasteiger partial charge in [0, 0.05) is 31.7 Å². The van der Waals surface area contributed by atoms with Crippen LogP contribution in [0.5, 0.6) is 0 Å². The van der Waals surface area contributed by atoms with Crippen molar-refractivity contribution in [3.63, 3.8) is 0 Å². The predicted octanol–water partition coefficient (Wildman–Crippen LogP) is 1.92. The number of fused-ring (bicyclic) bond motifs is 1. The van der Waals surface area contributed by atoms with Gasteiger partial charge in [-0.3, -0.25) is 9.59 Å². The van der Waals surface area contributed by atoms with Gasteiger partial charge in [0.05, 0.1) is 47.8 Å². The van der Waals surface area contributed by atoms with Crippen LogP contribution in [-0.2, 0) is 4.74 Å². The number of hydrogen-bond acceptors (Lipinski definition) is 7. The number of benzene rings is 1. The van der Waals surface area contributed by atoms with Crippen molar-refractivity contribution in [2.45, 2.75) is 20.0 Å².